The number of ether oxygens (including phenoxy) is 1. The Balaban J connectivity index is 1.34. The van der Waals surface area contributed by atoms with Crippen LogP contribution in [-0.4, -0.2) is 94.2 Å². The van der Waals surface area contributed by atoms with Gasteiger partial charge >= 0.3 is 11.8 Å². The molecule has 1 aromatic carbocycles. The number of hydrogen-bond donors (Lipinski definition) is 2. The van der Waals surface area contributed by atoms with E-state index in [2.05, 4.69) is 50.6 Å². The summed E-state index contributed by atoms with van der Waals surface area (Å²) in [5.74, 6) is -1.09. The van der Waals surface area contributed by atoms with Crippen LogP contribution in [0.25, 0.3) is 0 Å². The van der Waals surface area contributed by atoms with Gasteiger partial charge in [0.1, 0.15) is 0 Å². The number of amides is 2. The van der Waals surface area contributed by atoms with E-state index in [4.69, 9.17) is 4.74 Å². The fraction of sp³-hybridized carbons (Fsp3) is 0.680. The molecule has 1 atom stereocenters. The predicted molar refractivity (Wildman–Crippen MR) is 129 cm³/mol. The largest absolute Gasteiger partial charge is 0.379 e. The van der Waals surface area contributed by atoms with Gasteiger partial charge in [-0.1, -0.05) is 18.6 Å². The summed E-state index contributed by atoms with van der Waals surface area (Å²) in [6.45, 7) is 8.01. The molecule has 0 unspecified atom stereocenters. The second-order valence-electron chi connectivity index (χ2n) is 9.45. The van der Waals surface area contributed by atoms with Gasteiger partial charge in [-0.3, -0.25) is 19.4 Å². The second kappa shape index (κ2) is 11.8. The van der Waals surface area contributed by atoms with Crippen LogP contribution in [0.3, 0.4) is 0 Å². The summed E-state index contributed by atoms with van der Waals surface area (Å²) < 4.78 is 5.34. The van der Waals surface area contributed by atoms with E-state index in [1.165, 1.54) is 42.5 Å². The van der Waals surface area contributed by atoms with Crippen LogP contribution < -0.4 is 15.5 Å². The molecule has 4 rings (SSSR count). The molecule has 0 aromatic heterocycles. The van der Waals surface area contributed by atoms with Crippen LogP contribution in [0.1, 0.15) is 42.9 Å². The summed E-state index contributed by atoms with van der Waals surface area (Å²) in [6.07, 6.45) is 5.89. The van der Waals surface area contributed by atoms with Crippen molar-refractivity contribution in [3.05, 3.63) is 29.3 Å². The highest BCUT2D eigenvalue weighted by Crippen LogP contribution is 2.31. The van der Waals surface area contributed by atoms with Crippen molar-refractivity contribution in [3.8, 4) is 0 Å². The molecule has 3 heterocycles. The molecular formula is C25H39N5O3. The molecule has 3 aliphatic heterocycles. The molecule has 0 aliphatic carbocycles. The summed E-state index contributed by atoms with van der Waals surface area (Å²) in [5.41, 5.74) is 3.93. The van der Waals surface area contributed by atoms with E-state index in [-0.39, 0.29) is 6.04 Å². The third-order valence-electron chi connectivity index (χ3n) is 7.15. The minimum Gasteiger partial charge on any atom is -0.379 e. The lowest BCUT2D eigenvalue weighted by molar-refractivity contribution is -0.139. The summed E-state index contributed by atoms with van der Waals surface area (Å²) in [6, 6.07) is 6.83. The van der Waals surface area contributed by atoms with Gasteiger partial charge in [0.15, 0.2) is 0 Å². The number of aryl methyl sites for hydroxylation is 1. The first kappa shape index (κ1) is 24.0. The fourth-order valence-electron chi connectivity index (χ4n) is 5.20. The van der Waals surface area contributed by atoms with E-state index < -0.39 is 11.8 Å². The van der Waals surface area contributed by atoms with Gasteiger partial charge in [-0.25, -0.2) is 0 Å². The molecule has 8 heteroatoms. The molecule has 1 aromatic rings. The fourth-order valence-corrected chi connectivity index (χ4v) is 5.20. The van der Waals surface area contributed by atoms with Crippen LogP contribution in [0.15, 0.2) is 18.2 Å². The zero-order valence-electron chi connectivity index (χ0n) is 20.0. The van der Waals surface area contributed by atoms with Gasteiger partial charge < -0.3 is 20.3 Å². The number of nitrogens with one attached hydrogen (secondary N) is 2. The minimum absolute atomic E-state index is 0.0907. The van der Waals surface area contributed by atoms with Crippen molar-refractivity contribution < 1.29 is 14.3 Å². The number of rotatable bonds is 7. The third-order valence-corrected chi connectivity index (χ3v) is 7.15. The number of piperidine rings is 1. The average Bonchev–Trinajstić information content (AvgIpc) is 2.85. The molecular weight excluding hydrogens is 418 g/mol. The van der Waals surface area contributed by atoms with E-state index in [1.807, 2.05) is 0 Å². The van der Waals surface area contributed by atoms with E-state index in [0.29, 0.717) is 13.1 Å². The smallest absolute Gasteiger partial charge is 0.309 e. The van der Waals surface area contributed by atoms with Gasteiger partial charge in [-0.15, -0.1) is 0 Å². The highest BCUT2D eigenvalue weighted by molar-refractivity contribution is 6.35. The average molecular weight is 458 g/mol. The van der Waals surface area contributed by atoms with Crippen LogP contribution in [-0.2, 0) is 20.7 Å². The summed E-state index contributed by atoms with van der Waals surface area (Å²) in [4.78, 5) is 31.9. The molecule has 0 radical (unpaired) electrons. The number of carbonyl (C=O) groups is 2. The van der Waals surface area contributed by atoms with E-state index in [1.54, 1.807) is 0 Å². The summed E-state index contributed by atoms with van der Waals surface area (Å²) in [7, 11) is 2.15. The van der Waals surface area contributed by atoms with Gasteiger partial charge in [0.25, 0.3) is 0 Å². The first-order valence-electron chi connectivity index (χ1n) is 12.6. The van der Waals surface area contributed by atoms with Crippen LogP contribution in [0.4, 0.5) is 5.69 Å². The quantitative estimate of drug-likeness (QED) is 0.599. The first-order valence-corrected chi connectivity index (χ1v) is 12.6. The third kappa shape index (κ3) is 6.46. The van der Waals surface area contributed by atoms with Crippen molar-refractivity contribution in [1.29, 1.82) is 0 Å². The van der Waals surface area contributed by atoms with Crippen molar-refractivity contribution in [3.63, 3.8) is 0 Å². The number of hydrogen-bond acceptors (Lipinski definition) is 6. The zero-order valence-corrected chi connectivity index (χ0v) is 20.0. The summed E-state index contributed by atoms with van der Waals surface area (Å²) >= 11 is 0. The molecule has 0 bridgehead atoms. The van der Waals surface area contributed by atoms with E-state index >= 15 is 0 Å². The van der Waals surface area contributed by atoms with Crippen molar-refractivity contribution in [2.45, 2.75) is 38.1 Å². The van der Waals surface area contributed by atoms with Crippen molar-refractivity contribution in [1.82, 2.24) is 20.4 Å². The molecule has 0 saturated carbocycles. The Morgan fingerprint density at radius 3 is 2.52 bits per heavy atom. The Morgan fingerprint density at radius 1 is 0.970 bits per heavy atom. The van der Waals surface area contributed by atoms with Gasteiger partial charge in [0.2, 0.25) is 0 Å². The number of fused-ring (bicyclic) bond motifs is 1. The lowest BCUT2D eigenvalue weighted by atomic mass is 9.95. The molecule has 0 spiro atoms. The monoisotopic (exact) mass is 457 g/mol. The standard InChI is InChI=1S/C25H39N5O3/c1-28-10-5-6-20-18-21(7-8-22(20)28)23(30-11-3-2-4-12-30)19-27-25(32)24(31)26-9-13-29-14-16-33-17-15-29/h7-8,18,23H,2-6,9-17,19H2,1H3,(H,26,31)(H,27,32)/t23-/m0/s1. The Hall–Kier alpha value is -2.16. The number of anilines is 1. The van der Waals surface area contributed by atoms with Gasteiger partial charge in [0, 0.05) is 52.0 Å². The van der Waals surface area contributed by atoms with E-state index in [9.17, 15) is 9.59 Å². The Bertz CT molecular complexity index is 805. The van der Waals surface area contributed by atoms with E-state index in [0.717, 1.165) is 58.9 Å². The molecule has 3 aliphatic rings. The maximum absolute atomic E-state index is 12.5. The van der Waals surface area contributed by atoms with Crippen molar-refractivity contribution in [2.75, 3.05) is 77.5 Å². The maximum Gasteiger partial charge on any atom is 0.309 e. The predicted octanol–water partition coefficient (Wildman–Crippen LogP) is 1.16. The molecule has 182 valence electrons. The molecule has 33 heavy (non-hydrogen) atoms. The van der Waals surface area contributed by atoms with Crippen LogP contribution in [0, 0.1) is 0 Å². The van der Waals surface area contributed by atoms with Crippen LogP contribution >= 0.6 is 0 Å². The lowest BCUT2D eigenvalue weighted by Crippen LogP contribution is -2.47. The Morgan fingerprint density at radius 2 is 1.73 bits per heavy atom. The highest BCUT2D eigenvalue weighted by atomic mass is 16.5. The molecule has 2 saturated heterocycles. The van der Waals surface area contributed by atoms with Crippen LogP contribution in [0.2, 0.25) is 0 Å². The molecule has 2 N–H and O–H groups in total. The van der Waals surface area contributed by atoms with Gasteiger partial charge in [-0.2, -0.15) is 0 Å². The second-order valence-corrected chi connectivity index (χ2v) is 9.45. The Kier molecular flexibility index (Phi) is 8.58. The van der Waals surface area contributed by atoms with Crippen molar-refractivity contribution >= 4 is 17.5 Å². The number of likely N-dealkylation sites (tertiary alicyclic amines) is 1. The highest BCUT2D eigenvalue weighted by Gasteiger charge is 2.26. The number of morpholine rings is 1. The molecule has 2 fully saturated rings. The van der Waals surface area contributed by atoms with Crippen molar-refractivity contribution in [2.24, 2.45) is 0 Å². The normalized spacial score (nSPS) is 20.7. The topological polar surface area (TPSA) is 77.2 Å². The van der Waals surface area contributed by atoms with Gasteiger partial charge in [0.05, 0.1) is 19.3 Å². The maximum atomic E-state index is 12.5. The number of carbonyl (C=O) groups excluding carboxylic acids is 2. The number of nitrogens with zero attached hydrogens (tertiary/aromatic N) is 3. The molecule has 8 nitrogen and oxygen atoms in total. The molecule has 2 amide bonds. The number of benzene rings is 1. The lowest BCUT2D eigenvalue weighted by Gasteiger charge is -2.36. The van der Waals surface area contributed by atoms with Crippen LogP contribution in [0.5, 0.6) is 0 Å². The first-order chi connectivity index (χ1) is 16.1. The Labute approximate surface area is 197 Å². The van der Waals surface area contributed by atoms with Gasteiger partial charge in [-0.05, 0) is 56.0 Å². The minimum atomic E-state index is -0.548. The zero-order chi connectivity index (χ0) is 23.0. The summed E-state index contributed by atoms with van der Waals surface area (Å²) in [5, 5.41) is 5.68. The SMILES string of the molecule is CN1CCCc2cc([C@H](CNC(=O)C(=O)NCCN3CCOCC3)N3CCCCC3)ccc21.